The molecule has 1 aliphatic rings. The second-order valence-electron chi connectivity index (χ2n) is 8.11. The van der Waals surface area contributed by atoms with Gasteiger partial charge in [-0.25, -0.2) is 32.9 Å². The van der Waals surface area contributed by atoms with Gasteiger partial charge in [0, 0.05) is 30.1 Å². The number of benzene rings is 1. The van der Waals surface area contributed by atoms with Gasteiger partial charge in [0.25, 0.3) is 0 Å². The highest BCUT2D eigenvalue weighted by Gasteiger charge is 2.41. The second-order valence-corrected chi connectivity index (χ2v) is 8.11. The van der Waals surface area contributed by atoms with E-state index >= 15 is 0 Å². The standard InChI is InChI=1S/C23H23F3N6O2/c1-12-8-15(4-5-17(12)24)16-9-28-21(29-10-16)14(3)30-22-27-7-6-19(31-22)32-18(11-34-23(32)33)13(2)20(25)26/h4-10,13-14,18,20H,11H2,1-3H3,(H,27,30,31)/t13?,14-,18?/m1/s1. The van der Waals surface area contributed by atoms with Crippen molar-refractivity contribution >= 4 is 17.9 Å². The summed E-state index contributed by atoms with van der Waals surface area (Å²) in [5.41, 5.74) is 2.07. The summed E-state index contributed by atoms with van der Waals surface area (Å²) in [6, 6.07) is 5.01. The zero-order valence-corrected chi connectivity index (χ0v) is 18.7. The van der Waals surface area contributed by atoms with Crippen molar-refractivity contribution in [3.63, 3.8) is 0 Å². The van der Waals surface area contributed by atoms with E-state index in [0.29, 0.717) is 11.4 Å². The van der Waals surface area contributed by atoms with Gasteiger partial charge in [-0.05, 0) is 43.2 Å². The van der Waals surface area contributed by atoms with E-state index in [9.17, 15) is 18.0 Å². The first kappa shape index (κ1) is 23.4. The molecule has 1 aromatic carbocycles. The first-order valence-electron chi connectivity index (χ1n) is 10.7. The molecule has 0 spiro atoms. The van der Waals surface area contributed by atoms with Gasteiger partial charge in [0.15, 0.2) is 0 Å². The van der Waals surface area contributed by atoms with E-state index < -0.39 is 30.5 Å². The van der Waals surface area contributed by atoms with E-state index in [4.69, 9.17) is 4.74 Å². The highest BCUT2D eigenvalue weighted by Crippen LogP contribution is 2.29. The first-order valence-corrected chi connectivity index (χ1v) is 10.7. The van der Waals surface area contributed by atoms with E-state index in [0.717, 1.165) is 16.0 Å². The lowest BCUT2D eigenvalue weighted by Crippen LogP contribution is -2.41. The molecule has 0 aliphatic carbocycles. The smallest absolute Gasteiger partial charge is 0.415 e. The van der Waals surface area contributed by atoms with Crippen molar-refractivity contribution in [2.75, 3.05) is 16.8 Å². The number of alkyl halides is 2. The average Bonchev–Trinajstić information content (AvgIpc) is 3.21. The van der Waals surface area contributed by atoms with Gasteiger partial charge in [-0.1, -0.05) is 13.0 Å². The van der Waals surface area contributed by atoms with Crippen LogP contribution in [-0.4, -0.2) is 45.1 Å². The summed E-state index contributed by atoms with van der Waals surface area (Å²) in [5.74, 6) is -0.573. The van der Waals surface area contributed by atoms with Gasteiger partial charge in [0.2, 0.25) is 12.4 Å². The summed E-state index contributed by atoms with van der Waals surface area (Å²) < 4.78 is 45.0. The highest BCUT2D eigenvalue weighted by molar-refractivity contribution is 5.89. The molecular weight excluding hydrogens is 449 g/mol. The zero-order valence-electron chi connectivity index (χ0n) is 18.7. The van der Waals surface area contributed by atoms with Crippen LogP contribution in [0.15, 0.2) is 42.9 Å². The number of amides is 1. The minimum Gasteiger partial charge on any atom is -0.447 e. The van der Waals surface area contributed by atoms with Crippen molar-refractivity contribution in [3.05, 3.63) is 60.1 Å². The molecule has 4 rings (SSSR count). The van der Waals surface area contributed by atoms with Crippen LogP contribution >= 0.6 is 0 Å². The fourth-order valence-corrected chi connectivity index (χ4v) is 3.60. The Bertz CT molecular complexity index is 1180. The maximum Gasteiger partial charge on any atom is 0.415 e. The topological polar surface area (TPSA) is 93.1 Å². The maximum absolute atomic E-state index is 13.5. The Hall–Kier alpha value is -3.76. The number of nitrogens with zero attached hydrogens (tertiary/aromatic N) is 5. The third-order valence-corrected chi connectivity index (χ3v) is 5.69. The summed E-state index contributed by atoms with van der Waals surface area (Å²) in [7, 11) is 0. The largest absolute Gasteiger partial charge is 0.447 e. The molecule has 0 saturated carbocycles. The van der Waals surface area contributed by atoms with Crippen LogP contribution in [-0.2, 0) is 4.74 Å². The Morgan fingerprint density at radius 1 is 1.12 bits per heavy atom. The van der Waals surface area contributed by atoms with Crippen LogP contribution in [0, 0.1) is 18.7 Å². The molecule has 1 aliphatic heterocycles. The van der Waals surface area contributed by atoms with Crippen molar-refractivity contribution in [1.82, 2.24) is 19.9 Å². The Morgan fingerprint density at radius 3 is 2.53 bits per heavy atom. The number of halogens is 3. The van der Waals surface area contributed by atoms with Crippen molar-refractivity contribution in [2.45, 2.75) is 39.3 Å². The number of aryl methyl sites for hydroxylation is 1. The lowest BCUT2D eigenvalue weighted by atomic mass is 10.0. The van der Waals surface area contributed by atoms with Crippen LogP contribution in [0.1, 0.15) is 31.3 Å². The van der Waals surface area contributed by atoms with Crippen LogP contribution in [0.5, 0.6) is 0 Å². The highest BCUT2D eigenvalue weighted by atomic mass is 19.3. The number of carbonyl (C=O) groups excluding carboxylic acids is 1. The predicted molar refractivity (Wildman–Crippen MR) is 119 cm³/mol. The lowest BCUT2D eigenvalue weighted by Gasteiger charge is -2.25. The molecule has 11 heteroatoms. The molecule has 1 saturated heterocycles. The summed E-state index contributed by atoms with van der Waals surface area (Å²) in [5, 5.41) is 3.06. The number of anilines is 2. The predicted octanol–water partition coefficient (Wildman–Crippen LogP) is 4.78. The van der Waals surface area contributed by atoms with Gasteiger partial charge < -0.3 is 10.1 Å². The van der Waals surface area contributed by atoms with Crippen LogP contribution in [0.3, 0.4) is 0 Å². The molecule has 0 radical (unpaired) electrons. The number of rotatable bonds is 7. The number of hydrogen-bond acceptors (Lipinski definition) is 7. The van der Waals surface area contributed by atoms with Gasteiger partial charge in [-0.2, -0.15) is 4.98 Å². The van der Waals surface area contributed by atoms with E-state index in [1.54, 1.807) is 38.4 Å². The molecule has 1 amide bonds. The molecule has 2 unspecified atom stereocenters. The number of ether oxygens (including phenoxy) is 1. The molecule has 0 bridgehead atoms. The molecule has 2 aromatic heterocycles. The SMILES string of the molecule is Cc1cc(-c2cnc([C@@H](C)Nc3nccc(N4C(=O)OCC4C(C)C(F)F)n3)nc2)ccc1F. The third-order valence-electron chi connectivity index (χ3n) is 5.69. The Labute approximate surface area is 194 Å². The second kappa shape index (κ2) is 9.62. The fourth-order valence-electron chi connectivity index (χ4n) is 3.60. The lowest BCUT2D eigenvalue weighted by molar-refractivity contribution is 0.0685. The zero-order chi connectivity index (χ0) is 24.4. The maximum atomic E-state index is 13.5. The molecule has 1 fully saturated rings. The number of hydrogen-bond donors (Lipinski definition) is 1. The average molecular weight is 472 g/mol. The molecule has 34 heavy (non-hydrogen) atoms. The number of nitrogens with one attached hydrogen (secondary N) is 1. The minimum absolute atomic E-state index is 0.138. The molecule has 3 heterocycles. The van der Waals surface area contributed by atoms with Gasteiger partial charge in [0.05, 0.1) is 12.1 Å². The van der Waals surface area contributed by atoms with E-state index in [2.05, 4.69) is 25.3 Å². The summed E-state index contributed by atoms with van der Waals surface area (Å²) in [4.78, 5) is 30.5. The molecule has 8 nitrogen and oxygen atoms in total. The Morgan fingerprint density at radius 2 is 1.85 bits per heavy atom. The molecule has 3 atom stereocenters. The number of carbonyl (C=O) groups is 1. The molecule has 1 N–H and O–H groups in total. The van der Waals surface area contributed by atoms with Gasteiger partial charge in [0.1, 0.15) is 24.1 Å². The van der Waals surface area contributed by atoms with E-state index in [-0.39, 0.29) is 24.2 Å². The Kier molecular flexibility index (Phi) is 6.62. The van der Waals surface area contributed by atoms with Gasteiger partial charge in [-0.15, -0.1) is 0 Å². The van der Waals surface area contributed by atoms with Gasteiger partial charge >= 0.3 is 6.09 Å². The van der Waals surface area contributed by atoms with Gasteiger partial charge in [-0.3, -0.25) is 4.90 Å². The Balaban J connectivity index is 1.49. The molecule has 3 aromatic rings. The monoisotopic (exact) mass is 472 g/mol. The summed E-state index contributed by atoms with van der Waals surface area (Å²) in [6.45, 7) is 4.72. The number of aromatic nitrogens is 4. The third kappa shape index (κ3) is 4.78. The van der Waals surface area contributed by atoms with Crippen LogP contribution in [0.4, 0.5) is 29.7 Å². The van der Waals surface area contributed by atoms with Crippen molar-refractivity contribution in [3.8, 4) is 11.1 Å². The number of cyclic esters (lactones) is 1. The fraction of sp³-hybridized carbons (Fsp3) is 0.348. The van der Waals surface area contributed by atoms with Crippen molar-refractivity contribution in [2.24, 2.45) is 5.92 Å². The summed E-state index contributed by atoms with van der Waals surface area (Å²) in [6.07, 6.45) is 1.36. The van der Waals surface area contributed by atoms with Crippen molar-refractivity contribution in [1.29, 1.82) is 0 Å². The molecule has 178 valence electrons. The van der Waals surface area contributed by atoms with E-state index in [1.165, 1.54) is 25.3 Å². The summed E-state index contributed by atoms with van der Waals surface area (Å²) >= 11 is 0. The normalized spacial score (nSPS) is 17.6. The molecular formula is C23H23F3N6O2. The van der Waals surface area contributed by atoms with Crippen molar-refractivity contribution < 1.29 is 22.7 Å². The quantitative estimate of drug-likeness (QED) is 0.529. The van der Waals surface area contributed by atoms with Crippen LogP contribution < -0.4 is 10.2 Å². The van der Waals surface area contributed by atoms with E-state index in [1.807, 2.05) is 0 Å². The first-order chi connectivity index (χ1) is 16.2. The minimum atomic E-state index is -2.61. The van der Waals surface area contributed by atoms with Crippen LogP contribution in [0.25, 0.3) is 11.1 Å². The van der Waals surface area contributed by atoms with Crippen LogP contribution in [0.2, 0.25) is 0 Å².